The van der Waals surface area contributed by atoms with E-state index in [-0.39, 0.29) is 24.4 Å². The Balaban J connectivity index is 2.14. The molecule has 0 spiro atoms. The number of hydrogen-bond acceptors (Lipinski definition) is 4. The van der Waals surface area contributed by atoms with Crippen LogP contribution in [-0.2, 0) is 11.8 Å². The van der Waals surface area contributed by atoms with Crippen molar-refractivity contribution in [3.63, 3.8) is 0 Å². The molecule has 47 heavy (non-hydrogen) atoms. The predicted molar refractivity (Wildman–Crippen MR) is 145 cm³/mol. The number of carbonyl (C=O) groups is 2. The Kier molecular flexibility index (Phi) is 10.7. The first-order valence-corrected chi connectivity index (χ1v) is 13.5. The van der Waals surface area contributed by atoms with Crippen molar-refractivity contribution in [3.05, 3.63) is 81.3 Å². The summed E-state index contributed by atoms with van der Waals surface area (Å²) in [6, 6.07) is 6.76. The first kappa shape index (κ1) is 37.3. The van der Waals surface area contributed by atoms with Crippen LogP contribution in [0.2, 0.25) is 0 Å². The molecule has 0 fully saturated rings. The van der Waals surface area contributed by atoms with Crippen LogP contribution < -0.4 is 19.7 Å². The third-order valence-corrected chi connectivity index (χ3v) is 7.07. The highest BCUT2D eigenvalue weighted by Crippen LogP contribution is 2.55. The van der Waals surface area contributed by atoms with Gasteiger partial charge >= 0.3 is 30.8 Å². The van der Waals surface area contributed by atoms with E-state index in [1.54, 1.807) is 0 Å². The smallest absolute Gasteiger partial charge is 0.435 e. The number of halogens is 13. The molecule has 0 heterocycles. The van der Waals surface area contributed by atoms with Gasteiger partial charge in [0.2, 0.25) is 0 Å². The number of nitrogens with zero attached hydrogens (tertiary/aromatic N) is 1. The molecule has 1 N–H and O–H groups in total. The van der Waals surface area contributed by atoms with Crippen molar-refractivity contribution in [1.29, 1.82) is 0 Å². The van der Waals surface area contributed by atoms with Crippen molar-refractivity contribution in [2.45, 2.75) is 37.7 Å². The number of para-hydroxylation sites is 1. The highest BCUT2D eigenvalue weighted by Gasteiger charge is 2.73. The van der Waals surface area contributed by atoms with E-state index in [1.165, 1.54) is 19.1 Å². The second-order valence-electron chi connectivity index (χ2n) is 9.27. The molecule has 0 aromatic heterocycles. The van der Waals surface area contributed by atoms with Crippen LogP contribution in [0.15, 0.2) is 59.1 Å². The molecule has 3 rings (SSSR count). The van der Waals surface area contributed by atoms with E-state index in [0.29, 0.717) is 6.07 Å². The van der Waals surface area contributed by atoms with Crippen LogP contribution in [0.1, 0.15) is 38.8 Å². The summed E-state index contributed by atoms with van der Waals surface area (Å²) in [5, 5.41) is 1.94. The summed E-state index contributed by atoms with van der Waals surface area (Å²) in [6.07, 6.45) is -18.2. The number of rotatable bonds is 9. The van der Waals surface area contributed by atoms with Crippen LogP contribution in [0.4, 0.5) is 64.1 Å². The molecule has 0 saturated carbocycles. The van der Waals surface area contributed by atoms with E-state index in [4.69, 9.17) is 4.74 Å². The zero-order valence-corrected chi connectivity index (χ0v) is 25.1. The van der Waals surface area contributed by atoms with Gasteiger partial charge in [-0.1, -0.05) is 18.2 Å². The van der Waals surface area contributed by atoms with Crippen molar-refractivity contribution >= 4 is 39.1 Å². The van der Waals surface area contributed by atoms with Gasteiger partial charge in [-0.15, -0.1) is 0 Å². The number of amides is 2. The van der Waals surface area contributed by atoms with Gasteiger partial charge in [-0.2, -0.15) is 48.3 Å². The maximum atomic E-state index is 14.7. The van der Waals surface area contributed by atoms with Gasteiger partial charge in [-0.25, -0.2) is 4.39 Å². The molecule has 0 saturated heterocycles. The average Bonchev–Trinajstić information content (AvgIpc) is 2.96. The van der Waals surface area contributed by atoms with Gasteiger partial charge in [-0.05, 0) is 59.3 Å². The van der Waals surface area contributed by atoms with Crippen LogP contribution in [0, 0.1) is 0 Å². The highest BCUT2D eigenvalue weighted by molar-refractivity contribution is 9.10. The third-order valence-electron chi connectivity index (χ3n) is 6.45. The molecule has 0 radical (unpaired) electrons. The number of ether oxygens (including phenoxy) is 2. The summed E-state index contributed by atoms with van der Waals surface area (Å²) in [5.41, 5.74) is -12.1. The molecular formula is C28H19BrF12N2O4. The lowest BCUT2D eigenvalue weighted by Gasteiger charge is -2.31. The number of nitrogens with one attached hydrogen (secondary N) is 1. The minimum Gasteiger partial charge on any atom is -0.494 e. The highest BCUT2D eigenvalue weighted by atomic mass is 79.9. The lowest BCUT2D eigenvalue weighted by Crippen LogP contribution is -2.50. The Morgan fingerprint density at radius 1 is 0.872 bits per heavy atom. The number of benzene rings is 3. The first-order chi connectivity index (χ1) is 21.6. The van der Waals surface area contributed by atoms with Crippen molar-refractivity contribution in [2.24, 2.45) is 0 Å². The lowest BCUT2D eigenvalue weighted by atomic mass is 9.93. The fourth-order valence-electron chi connectivity index (χ4n) is 4.38. The minimum atomic E-state index is -6.62. The van der Waals surface area contributed by atoms with Crippen LogP contribution in [0.3, 0.4) is 0 Å². The molecule has 3 aromatic rings. The third kappa shape index (κ3) is 7.38. The SMILES string of the molecule is CCN(C(=O)c1ccccc1C(F)(F)F)c1cccc(C(=O)Nc2c(Br)cc(C(F)(C(F)(F)F)C(F)(F)F)cc2OC(F)F)c1OC. The molecule has 0 atom stereocenters. The normalized spacial score (nSPS) is 12.6. The molecule has 0 bridgehead atoms. The van der Waals surface area contributed by atoms with Gasteiger partial charge in [-0.3, -0.25) is 9.59 Å². The summed E-state index contributed by atoms with van der Waals surface area (Å²) in [5.74, 6) is -4.50. The summed E-state index contributed by atoms with van der Waals surface area (Å²) in [4.78, 5) is 27.5. The van der Waals surface area contributed by atoms with Gasteiger partial charge in [0.1, 0.15) is 0 Å². The van der Waals surface area contributed by atoms with E-state index in [9.17, 15) is 62.3 Å². The molecule has 3 aromatic carbocycles. The van der Waals surface area contributed by atoms with Crippen LogP contribution in [-0.4, -0.2) is 44.4 Å². The van der Waals surface area contributed by atoms with E-state index in [2.05, 4.69) is 20.7 Å². The number of carbonyl (C=O) groups excluding carboxylic acids is 2. The maximum Gasteiger partial charge on any atom is 0.435 e. The predicted octanol–water partition coefficient (Wildman–Crippen LogP) is 9.29. The summed E-state index contributed by atoms with van der Waals surface area (Å²) in [7, 11) is 0.989. The van der Waals surface area contributed by atoms with Crippen molar-refractivity contribution in [2.75, 3.05) is 23.9 Å². The maximum absolute atomic E-state index is 14.7. The van der Waals surface area contributed by atoms with Crippen LogP contribution in [0.25, 0.3) is 0 Å². The average molecular weight is 755 g/mol. The molecule has 0 unspecified atom stereocenters. The molecule has 256 valence electrons. The molecule has 0 aliphatic rings. The molecule has 2 amide bonds. The van der Waals surface area contributed by atoms with Gasteiger partial charge in [0, 0.05) is 16.6 Å². The quantitative estimate of drug-likeness (QED) is 0.221. The number of anilines is 2. The topological polar surface area (TPSA) is 67.9 Å². The van der Waals surface area contributed by atoms with Crippen molar-refractivity contribution in [1.82, 2.24) is 0 Å². The fourth-order valence-corrected chi connectivity index (χ4v) is 4.92. The summed E-state index contributed by atoms with van der Waals surface area (Å²) >= 11 is 2.55. The van der Waals surface area contributed by atoms with Crippen molar-refractivity contribution < 1.29 is 71.7 Å². The van der Waals surface area contributed by atoms with E-state index in [0.717, 1.165) is 36.3 Å². The Labute approximate surface area is 265 Å². The number of alkyl halides is 12. The van der Waals surface area contributed by atoms with Gasteiger partial charge in [0.15, 0.2) is 11.5 Å². The second-order valence-corrected chi connectivity index (χ2v) is 10.1. The minimum absolute atomic E-state index is 0.0574. The zero-order valence-electron chi connectivity index (χ0n) is 23.5. The zero-order chi connectivity index (χ0) is 35.7. The Morgan fingerprint density at radius 2 is 1.45 bits per heavy atom. The standard InChI is InChI=1S/C28H19BrF12N2O4/c1-3-43(23(45)14-7-4-5-9-16(14)26(33,34)35)18-10-6-8-15(21(18)46-2)22(44)42-20-17(29)11-13(12-19(20)47-24(30)31)25(32,27(36,37)38)28(39,40)41/h4-12,24H,3H2,1-2H3,(H,42,44). The van der Waals surface area contributed by atoms with Gasteiger partial charge < -0.3 is 19.7 Å². The van der Waals surface area contributed by atoms with Crippen LogP contribution >= 0.6 is 15.9 Å². The van der Waals surface area contributed by atoms with E-state index < -0.39 is 86.5 Å². The summed E-state index contributed by atoms with van der Waals surface area (Å²) in [6.45, 7) is -2.80. The first-order valence-electron chi connectivity index (χ1n) is 12.7. The van der Waals surface area contributed by atoms with E-state index >= 15 is 0 Å². The Hall–Kier alpha value is -4.16. The monoisotopic (exact) mass is 754 g/mol. The number of methoxy groups -OCH3 is 1. The lowest BCUT2D eigenvalue weighted by molar-refractivity contribution is -0.348. The largest absolute Gasteiger partial charge is 0.494 e. The Morgan fingerprint density at radius 3 is 1.96 bits per heavy atom. The molecular weight excluding hydrogens is 736 g/mol. The Bertz CT molecular complexity index is 1630. The molecule has 6 nitrogen and oxygen atoms in total. The summed E-state index contributed by atoms with van der Waals surface area (Å²) < 4.78 is 170. The molecule has 0 aliphatic heterocycles. The second kappa shape index (κ2) is 13.5. The molecule has 19 heteroatoms. The van der Waals surface area contributed by atoms with Gasteiger partial charge in [0.05, 0.1) is 35.2 Å². The molecule has 0 aliphatic carbocycles. The van der Waals surface area contributed by atoms with Crippen LogP contribution in [0.5, 0.6) is 11.5 Å². The van der Waals surface area contributed by atoms with Gasteiger partial charge in [0.25, 0.3) is 11.8 Å². The van der Waals surface area contributed by atoms with E-state index in [1.807, 2.05) is 5.32 Å². The number of hydrogen-bond donors (Lipinski definition) is 1. The fraction of sp³-hybridized carbons (Fsp3) is 0.286. The van der Waals surface area contributed by atoms with Crippen molar-refractivity contribution in [3.8, 4) is 11.5 Å².